The van der Waals surface area contributed by atoms with Gasteiger partial charge in [0.2, 0.25) is 0 Å². The second kappa shape index (κ2) is 10.2. The number of hydrogen-bond acceptors (Lipinski definition) is 2. The molecule has 0 aromatic heterocycles. The lowest BCUT2D eigenvalue weighted by atomic mass is 9.83. The highest BCUT2D eigenvalue weighted by Gasteiger charge is 2.19. The van der Waals surface area contributed by atoms with Gasteiger partial charge in [0, 0.05) is 39.9 Å². The van der Waals surface area contributed by atoms with E-state index in [1.165, 1.54) is 44.9 Å². The number of nitrogens with one attached hydrogen (secondary N) is 1. The average Bonchev–Trinajstić information content (AvgIpc) is 2.59. The Kier molecular flexibility index (Phi) is 8.21. The van der Waals surface area contributed by atoms with Gasteiger partial charge in [0.1, 0.15) is 0 Å². The summed E-state index contributed by atoms with van der Waals surface area (Å²) in [6.45, 7) is 9.47. The zero-order valence-corrected chi connectivity index (χ0v) is 15.5. The van der Waals surface area contributed by atoms with E-state index in [2.05, 4.69) is 31.1 Å². The second-order valence-corrected chi connectivity index (χ2v) is 7.59. The monoisotopic (exact) mass is 323 g/mol. The van der Waals surface area contributed by atoms with Crippen molar-refractivity contribution in [3.63, 3.8) is 0 Å². The van der Waals surface area contributed by atoms with Gasteiger partial charge in [0.05, 0.1) is 0 Å². The normalized spacial score (nSPS) is 27.0. The Morgan fingerprint density at radius 3 is 2.43 bits per heavy atom. The van der Waals surface area contributed by atoms with Crippen LogP contribution in [0.25, 0.3) is 0 Å². The number of hydrogen-bond donors (Lipinski definition) is 1. The quantitative estimate of drug-likeness (QED) is 0.600. The van der Waals surface area contributed by atoms with E-state index in [1.807, 2.05) is 0 Å². The van der Waals surface area contributed by atoms with E-state index in [9.17, 15) is 0 Å². The van der Waals surface area contributed by atoms with Crippen LogP contribution < -0.4 is 5.32 Å². The van der Waals surface area contributed by atoms with Gasteiger partial charge in [-0.15, -0.1) is 0 Å². The summed E-state index contributed by atoms with van der Waals surface area (Å²) in [6, 6.07) is 0. The largest absolute Gasteiger partial charge is 0.381 e. The summed E-state index contributed by atoms with van der Waals surface area (Å²) in [7, 11) is 2.18. The Morgan fingerprint density at radius 1 is 1.09 bits per heavy atom. The first kappa shape index (κ1) is 18.6. The summed E-state index contributed by atoms with van der Waals surface area (Å²) in [6.07, 6.45) is 9.19. The number of aliphatic imine (C=N–C) groups is 1. The molecule has 2 aliphatic rings. The van der Waals surface area contributed by atoms with Crippen molar-refractivity contribution in [2.75, 3.05) is 39.9 Å². The Hall–Kier alpha value is -0.770. The lowest BCUT2D eigenvalue weighted by molar-refractivity contribution is 0.0625. The van der Waals surface area contributed by atoms with Crippen LogP contribution in [-0.2, 0) is 4.74 Å². The molecule has 1 aliphatic carbocycles. The molecule has 1 aliphatic heterocycles. The molecule has 0 amide bonds. The molecule has 1 N–H and O–H groups in total. The molecule has 0 unspecified atom stereocenters. The summed E-state index contributed by atoms with van der Waals surface area (Å²) in [5.74, 6) is 3.64. The molecule has 23 heavy (non-hydrogen) atoms. The lowest BCUT2D eigenvalue weighted by Gasteiger charge is -2.28. The van der Waals surface area contributed by atoms with Gasteiger partial charge in [-0.05, 0) is 56.8 Å². The molecule has 2 rings (SSSR count). The molecule has 4 nitrogen and oxygen atoms in total. The van der Waals surface area contributed by atoms with Gasteiger partial charge < -0.3 is 15.0 Å². The minimum absolute atomic E-state index is 0.795. The molecule has 134 valence electrons. The van der Waals surface area contributed by atoms with Gasteiger partial charge in [-0.1, -0.05) is 19.8 Å². The number of rotatable bonds is 6. The predicted octanol–water partition coefficient (Wildman–Crippen LogP) is 3.53. The molecular formula is C19H37N3O. The van der Waals surface area contributed by atoms with Crippen LogP contribution in [0.4, 0.5) is 0 Å². The van der Waals surface area contributed by atoms with E-state index in [1.54, 1.807) is 0 Å². The van der Waals surface area contributed by atoms with E-state index < -0.39 is 0 Å². The third-order valence-electron chi connectivity index (χ3n) is 5.54. The van der Waals surface area contributed by atoms with E-state index in [0.717, 1.165) is 56.6 Å². The van der Waals surface area contributed by atoms with Crippen LogP contribution in [0.1, 0.15) is 58.8 Å². The highest BCUT2D eigenvalue weighted by atomic mass is 16.5. The summed E-state index contributed by atoms with van der Waals surface area (Å²) >= 11 is 0. The van der Waals surface area contributed by atoms with Gasteiger partial charge in [-0.25, -0.2) is 0 Å². The minimum Gasteiger partial charge on any atom is -0.381 e. The van der Waals surface area contributed by atoms with Crippen LogP contribution in [0.3, 0.4) is 0 Å². The van der Waals surface area contributed by atoms with Crippen molar-refractivity contribution in [2.45, 2.75) is 58.8 Å². The van der Waals surface area contributed by atoms with Crippen molar-refractivity contribution in [2.24, 2.45) is 22.7 Å². The SMILES string of the molecule is CCNC(=NCC1CCC(C)CC1)N(C)CCC1CCOCC1. The topological polar surface area (TPSA) is 36.9 Å². The third kappa shape index (κ3) is 6.70. The Balaban J connectivity index is 1.77. The maximum Gasteiger partial charge on any atom is 0.193 e. The van der Waals surface area contributed by atoms with Crippen LogP contribution >= 0.6 is 0 Å². The summed E-state index contributed by atoms with van der Waals surface area (Å²) in [4.78, 5) is 7.26. The van der Waals surface area contributed by atoms with Crippen LogP contribution in [0.2, 0.25) is 0 Å². The van der Waals surface area contributed by atoms with Crippen LogP contribution in [-0.4, -0.2) is 50.8 Å². The molecule has 0 bridgehead atoms. The first-order valence-electron chi connectivity index (χ1n) is 9.76. The van der Waals surface area contributed by atoms with Crippen molar-refractivity contribution in [1.82, 2.24) is 10.2 Å². The molecule has 4 heteroatoms. The fourth-order valence-electron chi connectivity index (χ4n) is 3.71. The fourth-order valence-corrected chi connectivity index (χ4v) is 3.71. The smallest absolute Gasteiger partial charge is 0.193 e. The molecule has 1 saturated carbocycles. The molecular weight excluding hydrogens is 286 g/mol. The average molecular weight is 324 g/mol. The van der Waals surface area contributed by atoms with Crippen molar-refractivity contribution in [3.05, 3.63) is 0 Å². The van der Waals surface area contributed by atoms with Crippen LogP contribution in [0, 0.1) is 17.8 Å². The maximum absolute atomic E-state index is 5.46. The van der Waals surface area contributed by atoms with Crippen molar-refractivity contribution < 1.29 is 4.74 Å². The number of ether oxygens (including phenoxy) is 1. The van der Waals surface area contributed by atoms with Gasteiger partial charge in [-0.3, -0.25) is 4.99 Å². The molecule has 1 saturated heterocycles. The van der Waals surface area contributed by atoms with Crippen LogP contribution in [0.15, 0.2) is 4.99 Å². The van der Waals surface area contributed by atoms with Gasteiger partial charge in [-0.2, -0.15) is 0 Å². The highest BCUT2D eigenvalue weighted by molar-refractivity contribution is 5.79. The van der Waals surface area contributed by atoms with E-state index in [4.69, 9.17) is 9.73 Å². The first-order chi connectivity index (χ1) is 11.2. The van der Waals surface area contributed by atoms with Gasteiger partial charge in [0.25, 0.3) is 0 Å². The molecule has 0 aromatic rings. The van der Waals surface area contributed by atoms with Gasteiger partial charge in [0.15, 0.2) is 5.96 Å². The maximum atomic E-state index is 5.46. The summed E-state index contributed by atoms with van der Waals surface area (Å²) in [5.41, 5.74) is 0. The molecule has 0 spiro atoms. The van der Waals surface area contributed by atoms with Crippen molar-refractivity contribution >= 4 is 5.96 Å². The zero-order chi connectivity index (χ0) is 16.5. The standard InChI is InChI=1S/C19H37N3O/c1-4-20-19(21-15-18-7-5-16(2)6-8-18)22(3)12-9-17-10-13-23-14-11-17/h16-18H,4-15H2,1-3H3,(H,20,21). The van der Waals surface area contributed by atoms with Crippen molar-refractivity contribution in [3.8, 4) is 0 Å². The highest BCUT2D eigenvalue weighted by Crippen LogP contribution is 2.28. The third-order valence-corrected chi connectivity index (χ3v) is 5.54. The molecule has 1 heterocycles. The van der Waals surface area contributed by atoms with Gasteiger partial charge >= 0.3 is 0 Å². The van der Waals surface area contributed by atoms with E-state index in [-0.39, 0.29) is 0 Å². The summed E-state index contributed by atoms with van der Waals surface area (Å²) < 4.78 is 5.46. The predicted molar refractivity (Wildman–Crippen MR) is 97.9 cm³/mol. The zero-order valence-electron chi connectivity index (χ0n) is 15.5. The molecule has 2 fully saturated rings. The second-order valence-electron chi connectivity index (χ2n) is 7.59. The Morgan fingerprint density at radius 2 is 1.78 bits per heavy atom. The Bertz CT molecular complexity index is 345. The number of nitrogens with zero attached hydrogens (tertiary/aromatic N) is 2. The van der Waals surface area contributed by atoms with Crippen molar-refractivity contribution in [1.29, 1.82) is 0 Å². The van der Waals surface area contributed by atoms with Crippen LogP contribution in [0.5, 0.6) is 0 Å². The van der Waals surface area contributed by atoms with E-state index >= 15 is 0 Å². The van der Waals surface area contributed by atoms with E-state index in [0.29, 0.717) is 0 Å². The first-order valence-corrected chi connectivity index (χ1v) is 9.76. The molecule has 0 aromatic carbocycles. The number of guanidine groups is 1. The fraction of sp³-hybridized carbons (Fsp3) is 0.947. The lowest BCUT2D eigenvalue weighted by Crippen LogP contribution is -2.40. The minimum atomic E-state index is 0.795. The Labute approximate surface area is 143 Å². The summed E-state index contributed by atoms with van der Waals surface area (Å²) in [5, 5.41) is 3.47. The molecule has 0 radical (unpaired) electrons. The molecule has 0 atom stereocenters.